The molecule has 0 bridgehead atoms. The molecule has 30 atom stereocenters. The van der Waals surface area contributed by atoms with Gasteiger partial charge >= 0.3 is 11.9 Å². The number of ether oxygens (including phenoxy) is 11. The summed E-state index contributed by atoms with van der Waals surface area (Å²) < 4.78 is 65.7. The van der Waals surface area contributed by atoms with E-state index in [0.29, 0.717) is 0 Å². The van der Waals surface area contributed by atoms with Crippen molar-refractivity contribution < 1.29 is 168 Å². The molecule has 6 heterocycles. The predicted molar refractivity (Wildman–Crippen MR) is 255 cm³/mol. The van der Waals surface area contributed by atoms with Crippen molar-refractivity contribution in [2.24, 2.45) is 0 Å². The second-order valence-corrected chi connectivity index (χ2v) is 20.8. The first-order chi connectivity index (χ1) is 38.9. The fourth-order valence-electron chi connectivity index (χ4n) is 10.6. The van der Waals surface area contributed by atoms with E-state index in [2.05, 4.69) is 16.0 Å². The van der Waals surface area contributed by atoms with Gasteiger partial charge in [-0.1, -0.05) is 0 Å². The molecule has 6 aliphatic heterocycles. The molecule has 0 unspecified atom stereocenters. The summed E-state index contributed by atoms with van der Waals surface area (Å²) in [6.45, 7) is -1.90. The van der Waals surface area contributed by atoms with Crippen LogP contribution in [0.3, 0.4) is 0 Å². The molecular formula is C46H75N3O34. The fraction of sp³-hybridized carbons (Fsp3) is 0.891. The van der Waals surface area contributed by atoms with Gasteiger partial charge < -0.3 is 160 Å². The molecule has 6 saturated heterocycles. The Labute approximate surface area is 469 Å². The summed E-state index contributed by atoms with van der Waals surface area (Å²) in [5, 5.41) is 201. The molecule has 6 fully saturated rings. The Morgan fingerprint density at radius 1 is 0.506 bits per heavy atom. The topological polar surface area (TPSA) is 587 Å². The van der Waals surface area contributed by atoms with Crippen LogP contribution in [0.2, 0.25) is 0 Å². The second kappa shape index (κ2) is 28.4. The summed E-state index contributed by atoms with van der Waals surface area (Å²) in [5.74, 6) is -14.1. The van der Waals surface area contributed by atoms with E-state index in [1.807, 2.05) is 0 Å². The smallest absolute Gasteiger partial charge is 0.364 e. The molecule has 37 heteroatoms. The van der Waals surface area contributed by atoms with Crippen LogP contribution in [-0.4, -0.2) is 338 Å². The third-order valence-corrected chi connectivity index (χ3v) is 14.8. The summed E-state index contributed by atoms with van der Waals surface area (Å²) in [4.78, 5) is 65.2. The molecule has 0 aromatic rings. The summed E-state index contributed by atoms with van der Waals surface area (Å²) >= 11 is 0. The number of hydrogen-bond donors (Lipinski definition) is 21. The Morgan fingerprint density at radius 2 is 0.976 bits per heavy atom. The summed E-state index contributed by atoms with van der Waals surface area (Å²) in [6, 6.07) is -5.84. The molecule has 478 valence electrons. The highest BCUT2D eigenvalue weighted by molar-refractivity contribution is 5.77. The number of aliphatic hydroxyl groups excluding tert-OH is 15. The molecule has 0 radical (unpaired) electrons. The first-order valence-electron chi connectivity index (χ1n) is 26.0. The van der Waals surface area contributed by atoms with Crippen LogP contribution in [0.4, 0.5) is 0 Å². The number of carbonyl (C=O) groups excluding carboxylic acids is 3. The third kappa shape index (κ3) is 14.8. The number of carbonyl (C=O) groups is 5. The normalized spacial score (nSPS) is 45.8. The number of carboxylic acids is 2. The van der Waals surface area contributed by atoms with Crippen molar-refractivity contribution in [3.8, 4) is 0 Å². The summed E-state index contributed by atoms with van der Waals surface area (Å²) in [5.41, 5.74) is 0. The SMILES string of the molecule is CC(=O)N[C@H]1[C@H](O[C@@H]2[C@H](O[C@@H]3O[C@H](CO)[C@@H](O)[C@H](O[C@@H]4O[C@@H](C)[C@H](O)[C@@H](O)[C@H]4O)[C@H]3NC(C)=O)[C@@H](NC(C)=O)[C@@H](O[C@H]3[C@@H]([C@H](O)CO)O[C@@](O)(C(=O)O)C[C@H]3O[C@]3(C(=O)O)C[C@@H](O)[C@@H](O)[C@@H]([C@H](O)CO)O3)O[C@@H]2CO)O[C@H](CO)[C@@H](O)[C@@H]1O. The van der Waals surface area contributed by atoms with Crippen LogP contribution in [-0.2, 0) is 76.1 Å². The van der Waals surface area contributed by atoms with Gasteiger partial charge in [-0.3, -0.25) is 14.4 Å². The average molecular weight is 1210 g/mol. The van der Waals surface area contributed by atoms with Gasteiger partial charge in [0.05, 0.1) is 51.3 Å². The van der Waals surface area contributed by atoms with Crippen molar-refractivity contribution in [2.75, 3.05) is 33.0 Å². The quantitative estimate of drug-likeness (QED) is 0.0479. The monoisotopic (exact) mass is 1210 g/mol. The molecule has 83 heavy (non-hydrogen) atoms. The van der Waals surface area contributed by atoms with Crippen molar-refractivity contribution in [2.45, 2.75) is 224 Å². The van der Waals surface area contributed by atoms with Gasteiger partial charge in [0.2, 0.25) is 17.7 Å². The van der Waals surface area contributed by atoms with Gasteiger partial charge in [0.1, 0.15) is 128 Å². The molecule has 6 rings (SSSR count). The van der Waals surface area contributed by atoms with Crippen LogP contribution in [0.5, 0.6) is 0 Å². The van der Waals surface area contributed by atoms with E-state index < -0.39 is 259 Å². The van der Waals surface area contributed by atoms with Crippen LogP contribution < -0.4 is 16.0 Å². The maximum atomic E-state index is 13.5. The predicted octanol–water partition coefficient (Wildman–Crippen LogP) is -13.0. The van der Waals surface area contributed by atoms with Gasteiger partial charge in [-0.25, -0.2) is 9.59 Å². The van der Waals surface area contributed by atoms with Gasteiger partial charge in [0.15, 0.2) is 25.2 Å². The second-order valence-electron chi connectivity index (χ2n) is 20.8. The molecule has 6 aliphatic rings. The lowest BCUT2D eigenvalue weighted by molar-refractivity contribution is -0.397. The third-order valence-electron chi connectivity index (χ3n) is 14.8. The Balaban J connectivity index is 1.54. The number of rotatable bonds is 22. The van der Waals surface area contributed by atoms with E-state index in [1.54, 1.807) is 0 Å². The first kappa shape index (κ1) is 68.4. The minimum atomic E-state index is -3.53. The zero-order valence-electron chi connectivity index (χ0n) is 44.7. The lowest BCUT2D eigenvalue weighted by atomic mass is 9.89. The molecule has 0 aliphatic carbocycles. The van der Waals surface area contributed by atoms with Crippen molar-refractivity contribution >= 4 is 29.7 Å². The van der Waals surface area contributed by atoms with Crippen LogP contribution in [0.1, 0.15) is 40.5 Å². The van der Waals surface area contributed by atoms with Crippen molar-refractivity contribution in [3.05, 3.63) is 0 Å². The Bertz CT molecular complexity index is 2190. The maximum absolute atomic E-state index is 13.5. The number of nitrogens with one attached hydrogen (secondary N) is 3. The molecule has 0 saturated carbocycles. The summed E-state index contributed by atoms with van der Waals surface area (Å²) in [6.07, 6.45) is -54.3. The van der Waals surface area contributed by atoms with E-state index in [0.717, 1.165) is 20.8 Å². The van der Waals surface area contributed by atoms with Gasteiger partial charge in [0, 0.05) is 33.6 Å². The van der Waals surface area contributed by atoms with Crippen LogP contribution in [0, 0.1) is 0 Å². The standard InChI is InChI=1S/C46H75N3O34/c1-12-26(61)31(66)32(67)42(73-12)79-37-24(48-14(3)56)40(75-21(10-53)29(37)64)80-38-25(49-15(4)57)41(76-22(11-54)36(38)78-39-23(47-13(2)55)30(65)28(63)20(9-52)74-39)77-35-19(6-45(72,43(68)69)82-34(35)18(60)8-51)81-46(44(70)71)5-16(58)27(62)33(83-46)17(59)7-50/h12,16-42,50-54,58-67,72H,5-11H2,1-4H3,(H,47,55)(H,48,56)(H,49,57)(H,68,69)(H,70,71)/t12-,16+,17+,18+,19+,20+,21+,22+,23+,24+,25+,26-,27+,28+,29+,30+,31+,32+,33+,34+,35+,36-,37+,38+,39-,40-,41+,42-,45+,46+/m0/s1. The molecule has 21 N–H and O–H groups in total. The van der Waals surface area contributed by atoms with Crippen molar-refractivity contribution in [3.63, 3.8) is 0 Å². The van der Waals surface area contributed by atoms with Gasteiger partial charge in [-0.2, -0.15) is 0 Å². The fourth-order valence-corrected chi connectivity index (χ4v) is 10.6. The first-order valence-corrected chi connectivity index (χ1v) is 26.0. The molecule has 0 aromatic carbocycles. The number of aliphatic hydroxyl groups is 16. The van der Waals surface area contributed by atoms with E-state index in [9.17, 15) is 116 Å². The van der Waals surface area contributed by atoms with Gasteiger partial charge in [-0.05, 0) is 6.92 Å². The minimum Gasteiger partial charge on any atom is -0.477 e. The van der Waals surface area contributed by atoms with Gasteiger partial charge in [-0.15, -0.1) is 0 Å². The van der Waals surface area contributed by atoms with Crippen molar-refractivity contribution in [1.82, 2.24) is 16.0 Å². The highest BCUT2D eigenvalue weighted by atomic mass is 16.8. The van der Waals surface area contributed by atoms with E-state index >= 15 is 0 Å². The molecule has 3 amide bonds. The number of hydrogen-bond acceptors (Lipinski definition) is 32. The molecular weight excluding hydrogens is 1140 g/mol. The number of amides is 3. The average Bonchev–Trinajstić information content (AvgIpc) is 2.34. The van der Waals surface area contributed by atoms with Crippen LogP contribution in [0.15, 0.2) is 0 Å². The Morgan fingerprint density at radius 3 is 1.49 bits per heavy atom. The van der Waals surface area contributed by atoms with E-state index in [1.165, 1.54) is 6.92 Å². The van der Waals surface area contributed by atoms with Crippen molar-refractivity contribution in [1.29, 1.82) is 0 Å². The van der Waals surface area contributed by atoms with Crippen LogP contribution >= 0.6 is 0 Å². The van der Waals surface area contributed by atoms with E-state index in [-0.39, 0.29) is 0 Å². The molecule has 37 nitrogen and oxygen atoms in total. The molecule has 0 spiro atoms. The minimum absolute atomic E-state index is 0.872. The number of aliphatic carboxylic acids is 2. The highest BCUT2D eigenvalue weighted by Crippen LogP contribution is 2.43. The zero-order chi connectivity index (χ0) is 61.9. The zero-order valence-corrected chi connectivity index (χ0v) is 44.7. The van der Waals surface area contributed by atoms with E-state index in [4.69, 9.17) is 52.1 Å². The maximum Gasteiger partial charge on any atom is 0.364 e. The largest absolute Gasteiger partial charge is 0.477 e. The lowest BCUT2D eigenvalue weighted by Gasteiger charge is -2.53. The van der Waals surface area contributed by atoms with Gasteiger partial charge in [0.25, 0.3) is 11.6 Å². The Kier molecular flexibility index (Phi) is 23.4. The van der Waals surface area contributed by atoms with Crippen LogP contribution in [0.25, 0.3) is 0 Å². The highest BCUT2D eigenvalue weighted by Gasteiger charge is 2.63. The number of carboxylic acid groups (broad SMARTS) is 2. The lowest BCUT2D eigenvalue weighted by Crippen LogP contribution is -2.73. The molecule has 0 aromatic heterocycles. The Hall–Kier alpha value is -3.73. The summed E-state index contributed by atoms with van der Waals surface area (Å²) in [7, 11) is 0.